The molecule has 5 heteroatoms. The smallest absolute Gasteiger partial charge is 0.123 e. The quantitative estimate of drug-likeness (QED) is 0.776. The zero-order chi connectivity index (χ0) is 15.9. The molecule has 118 valence electrons. The van der Waals surface area contributed by atoms with E-state index in [1.165, 1.54) is 0 Å². The minimum Gasteiger partial charge on any atom is -0.488 e. The number of hydrogen-bond acceptors (Lipinski definition) is 4. The number of furan rings is 1. The van der Waals surface area contributed by atoms with E-state index < -0.39 is 0 Å². The van der Waals surface area contributed by atoms with Gasteiger partial charge in [-0.05, 0) is 36.8 Å². The van der Waals surface area contributed by atoms with Gasteiger partial charge in [-0.25, -0.2) is 0 Å². The van der Waals surface area contributed by atoms with Crippen molar-refractivity contribution in [3.8, 4) is 5.75 Å². The van der Waals surface area contributed by atoms with E-state index in [1.54, 1.807) is 12.3 Å². The lowest BCUT2D eigenvalue weighted by atomic mass is 10.1. The maximum Gasteiger partial charge on any atom is 0.123 e. The molecule has 1 heterocycles. The number of ether oxygens (including phenoxy) is 1. The Kier molecular flexibility index (Phi) is 6.07. The molecule has 0 saturated heterocycles. The maximum absolute atomic E-state index is 9.50. The number of benzene rings is 1. The molecule has 0 aliphatic carbocycles. The van der Waals surface area contributed by atoms with Crippen LogP contribution in [0.15, 0.2) is 58.7 Å². The fourth-order valence-electron chi connectivity index (χ4n) is 2.13. The molecule has 0 fully saturated rings. The molecule has 0 amide bonds. The van der Waals surface area contributed by atoms with Gasteiger partial charge in [-0.2, -0.15) is 0 Å². The molecule has 0 saturated carbocycles. The van der Waals surface area contributed by atoms with Gasteiger partial charge < -0.3 is 14.3 Å². The second-order valence-electron chi connectivity index (χ2n) is 5.01. The van der Waals surface area contributed by atoms with Gasteiger partial charge in [0.25, 0.3) is 0 Å². The minimum atomic E-state index is -0.236. The van der Waals surface area contributed by atoms with E-state index in [2.05, 4.69) is 11.9 Å². The highest BCUT2D eigenvalue weighted by molar-refractivity contribution is 6.29. The van der Waals surface area contributed by atoms with Gasteiger partial charge in [0.05, 0.1) is 18.9 Å². The average Bonchev–Trinajstić information content (AvgIpc) is 3.05. The molecular weight excluding hydrogens is 302 g/mol. The molecule has 2 unspecified atom stereocenters. The van der Waals surface area contributed by atoms with Crippen LogP contribution in [-0.4, -0.2) is 18.3 Å². The predicted octanol–water partition coefficient (Wildman–Crippen LogP) is 3.80. The highest BCUT2D eigenvalue weighted by Gasteiger charge is 2.16. The summed E-state index contributed by atoms with van der Waals surface area (Å²) in [6.07, 6.45) is 1.60. The number of halogens is 1. The van der Waals surface area contributed by atoms with Crippen LogP contribution in [0.3, 0.4) is 0 Å². The van der Waals surface area contributed by atoms with Gasteiger partial charge in [-0.15, -0.1) is 0 Å². The van der Waals surface area contributed by atoms with Crippen molar-refractivity contribution in [2.24, 2.45) is 0 Å². The summed E-state index contributed by atoms with van der Waals surface area (Å²) in [5, 5.41) is 13.3. The van der Waals surface area contributed by atoms with Gasteiger partial charge in [0, 0.05) is 11.1 Å². The Labute approximate surface area is 135 Å². The second kappa shape index (κ2) is 8.03. The van der Waals surface area contributed by atoms with Gasteiger partial charge in [-0.1, -0.05) is 30.3 Å². The van der Waals surface area contributed by atoms with Crippen molar-refractivity contribution in [1.29, 1.82) is 0 Å². The largest absolute Gasteiger partial charge is 0.488 e. The van der Waals surface area contributed by atoms with Crippen LogP contribution in [-0.2, 0) is 0 Å². The van der Waals surface area contributed by atoms with Crippen LogP contribution in [0, 0.1) is 0 Å². The molecule has 0 aliphatic heterocycles. The van der Waals surface area contributed by atoms with E-state index in [9.17, 15) is 5.11 Å². The number of aliphatic hydroxyl groups is 1. The number of aliphatic hydroxyl groups excluding tert-OH is 1. The molecule has 2 atom stereocenters. The van der Waals surface area contributed by atoms with Gasteiger partial charge in [0.2, 0.25) is 0 Å². The molecule has 1 aromatic heterocycles. The summed E-state index contributed by atoms with van der Waals surface area (Å²) in [5.41, 5.74) is 1.09. The van der Waals surface area contributed by atoms with Crippen LogP contribution in [0.2, 0.25) is 0 Å². The van der Waals surface area contributed by atoms with Crippen molar-refractivity contribution in [3.63, 3.8) is 0 Å². The molecule has 2 aromatic rings. The topological polar surface area (TPSA) is 54.6 Å². The summed E-state index contributed by atoms with van der Waals surface area (Å²) < 4.78 is 10.8. The monoisotopic (exact) mass is 321 g/mol. The third-order valence-electron chi connectivity index (χ3n) is 3.30. The first-order valence-corrected chi connectivity index (χ1v) is 7.44. The van der Waals surface area contributed by atoms with Crippen LogP contribution in [0.25, 0.3) is 0 Å². The van der Waals surface area contributed by atoms with E-state index >= 15 is 0 Å². The van der Waals surface area contributed by atoms with Crippen molar-refractivity contribution >= 4 is 11.6 Å². The Morgan fingerprint density at radius 2 is 2.09 bits per heavy atom. The Hall–Kier alpha value is -1.75. The van der Waals surface area contributed by atoms with Crippen LogP contribution < -0.4 is 10.1 Å². The summed E-state index contributed by atoms with van der Waals surface area (Å²) >= 11 is 5.67. The van der Waals surface area contributed by atoms with Gasteiger partial charge in [0.1, 0.15) is 18.1 Å². The first-order valence-electron chi connectivity index (χ1n) is 7.06. The van der Waals surface area contributed by atoms with Crippen LogP contribution in [0.5, 0.6) is 5.75 Å². The van der Waals surface area contributed by atoms with Gasteiger partial charge in [0.15, 0.2) is 0 Å². The summed E-state index contributed by atoms with van der Waals surface area (Å²) in [6.45, 7) is 5.87. The summed E-state index contributed by atoms with van der Waals surface area (Å²) in [6, 6.07) is 11.2. The Morgan fingerprint density at radius 3 is 2.64 bits per heavy atom. The lowest BCUT2D eigenvalue weighted by molar-refractivity contribution is 0.217. The number of hydrogen-bond donors (Lipinski definition) is 2. The van der Waals surface area contributed by atoms with E-state index in [-0.39, 0.29) is 18.7 Å². The van der Waals surface area contributed by atoms with Crippen molar-refractivity contribution in [3.05, 3.63) is 65.6 Å². The highest BCUT2D eigenvalue weighted by atomic mass is 35.5. The standard InChI is InChI=1S/C17H20ClNO3/c1-12(18)11-22-15-7-5-14(6-8-15)13(2)19-16(10-20)17-4-3-9-21-17/h3-9,13,16,19-20H,1,10-11H2,2H3. The van der Waals surface area contributed by atoms with Gasteiger partial charge in [-0.3, -0.25) is 5.32 Å². The minimum absolute atomic E-state index is 0.0309. The van der Waals surface area contributed by atoms with E-state index in [0.717, 1.165) is 17.1 Å². The fraction of sp³-hybridized carbons (Fsp3) is 0.294. The average molecular weight is 322 g/mol. The molecular formula is C17H20ClNO3. The third kappa shape index (κ3) is 4.63. The second-order valence-corrected chi connectivity index (χ2v) is 5.55. The third-order valence-corrected chi connectivity index (χ3v) is 3.41. The Balaban J connectivity index is 1.97. The maximum atomic E-state index is 9.50. The lowest BCUT2D eigenvalue weighted by Crippen LogP contribution is -2.27. The zero-order valence-corrected chi connectivity index (χ0v) is 13.2. The van der Waals surface area contributed by atoms with Crippen molar-refractivity contribution < 1.29 is 14.3 Å². The van der Waals surface area contributed by atoms with E-state index in [0.29, 0.717) is 11.6 Å². The molecule has 0 bridgehead atoms. The Bertz CT molecular complexity index is 580. The van der Waals surface area contributed by atoms with E-state index in [1.807, 2.05) is 37.3 Å². The van der Waals surface area contributed by atoms with Crippen molar-refractivity contribution in [1.82, 2.24) is 5.32 Å². The van der Waals surface area contributed by atoms with Crippen LogP contribution in [0.1, 0.15) is 30.3 Å². The number of nitrogens with one attached hydrogen (secondary N) is 1. The van der Waals surface area contributed by atoms with Gasteiger partial charge >= 0.3 is 0 Å². The molecule has 2 N–H and O–H groups in total. The first-order chi connectivity index (χ1) is 10.6. The van der Waals surface area contributed by atoms with Crippen LogP contribution in [0.4, 0.5) is 0 Å². The first kappa shape index (κ1) is 16.6. The highest BCUT2D eigenvalue weighted by Crippen LogP contribution is 2.22. The van der Waals surface area contributed by atoms with Crippen molar-refractivity contribution in [2.45, 2.75) is 19.0 Å². The molecule has 4 nitrogen and oxygen atoms in total. The fourth-order valence-corrected chi connectivity index (χ4v) is 2.18. The van der Waals surface area contributed by atoms with Crippen molar-refractivity contribution in [2.75, 3.05) is 13.2 Å². The number of rotatable bonds is 8. The molecule has 0 spiro atoms. The lowest BCUT2D eigenvalue weighted by Gasteiger charge is -2.20. The SMILES string of the molecule is C=C(Cl)COc1ccc(C(C)NC(CO)c2ccco2)cc1. The zero-order valence-electron chi connectivity index (χ0n) is 12.5. The molecule has 0 aliphatic rings. The summed E-state index contributed by atoms with van der Waals surface area (Å²) in [7, 11) is 0. The summed E-state index contributed by atoms with van der Waals surface area (Å²) in [4.78, 5) is 0. The molecule has 0 radical (unpaired) electrons. The summed E-state index contributed by atoms with van der Waals surface area (Å²) in [5.74, 6) is 1.46. The van der Waals surface area contributed by atoms with Crippen LogP contribution >= 0.6 is 11.6 Å². The van der Waals surface area contributed by atoms with E-state index in [4.69, 9.17) is 20.8 Å². The normalized spacial score (nSPS) is 13.6. The molecule has 2 rings (SSSR count). The molecule has 22 heavy (non-hydrogen) atoms. The predicted molar refractivity (Wildman–Crippen MR) is 87.0 cm³/mol. The Morgan fingerprint density at radius 1 is 1.36 bits per heavy atom. The molecule has 1 aromatic carbocycles.